The van der Waals surface area contributed by atoms with Gasteiger partial charge >= 0.3 is 5.97 Å². The van der Waals surface area contributed by atoms with E-state index in [0.29, 0.717) is 11.4 Å². The van der Waals surface area contributed by atoms with Gasteiger partial charge in [-0.2, -0.15) is 0 Å². The van der Waals surface area contributed by atoms with E-state index in [1.807, 2.05) is 0 Å². The molecule has 0 saturated heterocycles. The Labute approximate surface area is 115 Å². The Balaban J connectivity index is 2.14. The van der Waals surface area contributed by atoms with E-state index >= 15 is 0 Å². The molecule has 1 heterocycles. The van der Waals surface area contributed by atoms with Crippen molar-refractivity contribution in [3.05, 3.63) is 47.5 Å². The number of aromatic nitrogens is 3. The zero-order valence-electron chi connectivity index (χ0n) is 11.1. The van der Waals surface area contributed by atoms with Crippen LogP contribution in [-0.2, 0) is 7.05 Å². The molecule has 2 rings (SSSR count). The Morgan fingerprint density at radius 1 is 1.35 bits per heavy atom. The summed E-state index contributed by atoms with van der Waals surface area (Å²) < 4.78 is 1.71. The summed E-state index contributed by atoms with van der Waals surface area (Å²) in [6.45, 7) is 1.78. The van der Waals surface area contributed by atoms with Crippen LogP contribution in [0.2, 0.25) is 0 Å². The second-order valence-corrected chi connectivity index (χ2v) is 4.38. The van der Waals surface area contributed by atoms with Gasteiger partial charge in [0, 0.05) is 12.6 Å². The van der Waals surface area contributed by atoms with Crippen LogP contribution in [-0.4, -0.2) is 31.7 Å². The second kappa shape index (κ2) is 5.52. The highest BCUT2D eigenvalue weighted by atomic mass is 16.4. The highest BCUT2D eigenvalue weighted by Gasteiger charge is 2.16. The first-order valence-corrected chi connectivity index (χ1v) is 5.97. The molecule has 1 atom stereocenters. The van der Waals surface area contributed by atoms with Gasteiger partial charge in [0.2, 0.25) is 0 Å². The van der Waals surface area contributed by atoms with Crippen LogP contribution in [0.25, 0.3) is 0 Å². The molecule has 0 bridgehead atoms. The van der Waals surface area contributed by atoms with Crippen molar-refractivity contribution in [1.82, 2.24) is 20.1 Å². The monoisotopic (exact) mass is 274 g/mol. The minimum Gasteiger partial charge on any atom is -0.478 e. The Kier molecular flexibility index (Phi) is 3.79. The molecule has 0 aliphatic rings. The van der Waals surface area contributed by atoms with E-state index in [-0.39, 0.29) is 17.5 Å². The van der Waals surface area contributed by atoms with Crippen LogP contribution in [0.3, 0.4) is 0 Å². The molecule has 2 N–H and O–H groups in total. The molecule has 0 aliphatic heterocycles. The largest absolute Gasteiger partial charge is 0.478 e. The first kappa shape index (κ1) is 13.7. The third-order valence-electron chi connectivity index (χ3n) is 2.85. The molecular weight excluding hydrogens is 260 g/mol. The molecule has 0 radical (unpaired) electrons. The van der Waals surface area contributed by atoms with Gasteiger partial charge in [-0.1, -0.05) is 6.07 Å². The van der Waals surface area contributed by atoms with E-state index < -0.39 is 5.97 Å². The van der Waals surface area contributed by atoms with Gasteiger partial charge in [0.1, 0.15) is 6.33 Å². The average molecular weight is 274 g/mol. The normalized spacial score (nSPS) is 11.9. The Morgan fingerprint density at radius 2 is 2.05 bits per heavy atom. The van der Waals surface area contributed by atoms with E-state index in [1.165, 1.54) is 18.2 Å². The van der Waals surface area contributed by atoms with Crippen LogP contribution in [0.1, 0.15) is 39.5 Å². The molecule has 1 amide bonds. The fourth-order valence-electron chi connectivity index (χ4n) is 1.82. The highest BCUT2D eigenvalue weighted by molar-refractivity contribution is 5.97. The summed E-state index contributed by atoms with van der Waals surface area (Å²) in [6, 6.07) is 5.53. The van der Waals surface area contributed by atoms with Crippen LogP contribution in [0.15, 0.2) is 30.6 Å². The van der Waals surface area contributed by atoms with Gasteiger partial charge < -0.3 is 15.0 Å². The molecule has 0 saturated carbocycles. The number of aromatic carboxylic acids is 1. The summed E-state index contributed by atoms with van der Waals surface area (Å²) >= 11 is 0. The van der Waals surface area contributed by atoms with Crippen molar-refractivity contribution in [2.75, 3.05) is 0 Å². The maximum Gasteiger partial charge on any atom is 0.335 e. The van der Waals surface area contributed by atoms with Crippen molar-refractivity contribution in [3.8, 4) is 0 Å². The summed E-state index contributed by atoms with van der Waals surface area (Å²) in [5.74, 6) is -0.808. The number of hydrogen-bond acceptors (Lipinski definition) is 4. The lowest BCUT2D eigenvalue weighted by Crippen LogP contribution is -2.28. The quantitative estimate of drug-likeness (QED) is 0.867. The van der Waals surface area contributed by atoms with Crippen molar-refractivity contribution in [3.63, 3.8) is 0 Å². The Morgan fingerprint density at radius 3 is 2.65 bits per heavy atom. The van der Waals surface area contributed by atoms with Crippen LogP contribution >= 0.6 is 0 Å². The molecule has 0 fully saturated rings. The maximum absolute atomic E-state index is 12.1. The number of carboxylic acids is 1. The number of rotatable bonds is 4. The fraction of sp³-hybridized carbons (Fsp3) is 0.231. The number of carboxylic acid groups (broad SMARTS) is 1. The molecule has 2 aromatic rings. The van der Waals surface area contributed by atoms with Crippen molar-refractivity contribution in [1.29, 1.82) is 0 Å². The van der Waals surface area contributed by atoms with Gasteiger partial charge in [0.05, 0.1) is 11.6 Å². The molecule has 0 aliphatic carbocycles. The highest BCUT2D eigenvalue weighted by Crippen LogP contribution is 2.10. The van der Waals surface area contributed by atoms with E-state index in [4.69, 9.17) is 5.11 Å². The summed E-state index contributed by atoms with van der Waals surface area (Å²) in [4.78, 5) is 23.0. The van der Waals surface area contributed by atoms with E-state index in [2.05, 4.69) is 15.5 Å². The Bertz CT molecular complexity index is 651. The second-order valence-electron chi connectivity index (χ2n) is 4.38. The smallest absolute Gasteiger partial charge is 0.335 e. The zero-order chi connectivity index (χ0) is 14.7. The van der Waals surface area contributed by atoms with E-state index in [1.54, 1.807) is 30.9 Å². The van der Waals surface area contributed by atoms with Crippen molar-refractivity contribution in [2.24, 2.45) is 7.05 Å². The van der Waals surface area contributed by atoms with E-state index in [0.717, 1.165) is 0 Å². The van der Waals surface area contributed by atoms with Crippen molar-refractivity contribution >= 4 is 11.9 Å². The summed E-state index contributed by atoms with van der Waals surface area (Å²) in [7, 11) is 1.78. The maximum atomic E-state index is 12.1. The number of nitrogens with zero attached hydrogens (tertiary/aromatic N) is 3. The predicted octanol–water partition coefficient (Wildman–Crippen LogP) is 1.00. The topological polar surface area (TPSA) is 97.1 Å². The average Bonchev–Trinajstić information content (AvgIpc) is 2.85. The first-order chi connectivity index (χ1) is 9.49. The fourth-order valence-corrected chi connectivity index (χ4v) is 1.82. The van der Waals surface area contributed by atoms with Crippen LogP contribution in [0.5, 0.6) is 0 Å². The lowest BCUT2D eigenvalue weighted by atomic mass is 10.1. The summed E-state index contributed by atoms with van der Waals surface area (Å²) in [5, 5.41) is 19.3. The van der Waals surface area contributed by atoms with Crippen molar-refractivity contribution in [2.45, 2.75) is 13.0 Å². The third kappa shape index (κ3) is 2.82. The molecular formula is C13H14N4O3. The van der Waals surface area contributed by atoms with Gasteiger partial charge in [-0.15, -0.1) is 10.2 Å². The number of hydrogen-bond donors (Lipinski definition) is 2. The molecule has 104 valence electrons. The molecule has 1 aromatic carbocycles. The molecule has 1 aromatic heterocycles. The number of amides is 1. The molecule has 7 nitrogen and oxygen atoms in total. The molecule has 1 unspecified atom stereocenters. The lowest BCUT2D eigenvalue weighted by molar-refractivity contribution is 0.0697. The van der Waals surface area contributed by atoms with Crippen LogP contribution in [0.4, 0.5) is 0 Å². The predicted molar refractivity (Wildman–Crippen MR) is 70.3 cm³/mol. The summed E-state index contributed by atoms with van der Waals surface area (Å²) in [6.07, 6.45) is 1.54. The van der Waals surface area contributed by atoms with Gasteiger partial charge in [-0.3, -0.25) is 4.79 Å². The molecule has 7 heteroatoms. The third-order valence-corrected chi connectivity index (χ3v) is 2.85. The number of aryl methyl sites for hydroxylation is 1. The Hall–Kier alpha value is -2.70. The molecule has 20 heavy (non-hydrogen) atoms. The van der Waals surface area contributed by atoms with Gasteiger partial charge in [-0.25, -0.2) is 4.79 Å². The lowest BCUT2D eigenvalue weighted by Gasteiger charge is -2.13. The van der Waals surface area contributed by atoms with Gasteiger partial charge in [-0.05, 0) is 25.1 Å². The minimum absolute atomic E-state index is 0.0731. The number of benzene rings is 1. The van der Waals surface area contributed by atoms with Crippen molar-refractivity contribution < 1.29 is 14.7 Å². The van der Waals surface area contributed by atoms with Gasteiger partial charge in [0.25, 0.3) is 5.91 Å². The number of carbonyl (C=O) groups is 2. The van der Waals surface area contributed by atoms with Crippen LogP contribution < -0.4 is 5.32 Å². The standard InChI is InChI=1S/C13H14N4O3/c1-8(11-16-14-7-17(11)2)15-12(18)9-4-3-5-10(6-9)13(19)20/h3-8H,1-2H3,(H,15,18)(H,19,20). The molecule has 0 spiro atoms. The van der Waals surface area contributed by atoms with Crippen LogP contribution in [0, 0.1) is 0 Å². The number of nitrogens with one attached hydrogen (secondary N) is 1. The first-order valence-electron chi connectivity index (χ1n) is 5.97. The summed E-state index contributed by atoms with van der Waals surface area (Å²) in [5.41, 5.74) is 0.364. The zero-order valence-corrected chi connectivity index (χ0v) is 11.1. The minimum atomic E-state index is -1.07. The van der Waals surface area contributed by atoms with E-state index in [9.17, 15) is 9.59 Å². The van der Waals surface area contributed by atoms with Gasteiger partial charge in [0.15, 0.2) is 5.82 Å². The SMILES string of the molecule is CC(NC(=O)c1cccc(C(=O)O)c1)c1nncn1C. The number of carbonyl (C=O) groups excluding carboxylic acids is 1.